The van der Waals surface area contributed by atoms with E-state index in [9.17, 15) is 4.79 Å². The third-order valence-corrected chi connectivity index (χ3v) is 2.57. The van der Waals surface area contributed by atoms with E-state index in [0.717, 1.165) is 13.1 Å². The molecule has 0 fully saturated rings. The van der Waals surface area contributed by atoms with Crippen LogP contribution in [0.1, 0.15) is 18.9 Å². The Morgan fingerprint density at radius 2 is 2.12 bits per heavy atom. The van der Waals surface area contributed by atoms with Crippen molar-refractivity contribution in [2.24, 2.45) is 5.92 Å². The Hall–Kier alpha value is -1.42. The number of carboxylic acids is 1. The summed E-state index contributed by atoms with van der Waals surface area (Å²) >= 11 is 0. The quantitative estimate of drug-likeness (QED) is 0.794. The first-order chi connectivity index (χ1) is 7.59. The van der Waals surface area contributed by atoms with Crippen molar-refractivity contribution in [3.63, 3.8) is 0 Å². The zero-order valence-electron chi connectivity index (χ0n) is 9.76. The lowest BCUT2D eigenvalue weighted by atomic mass is 10.1. The Kier molecular flexibility index (Phi) is 4.92. The Morgan fingerprint density at radius 1 is 1.50 bits per heavy atom. The predicted molar refractivity (Wildman–Crippen MR) is 62.0 cm³/mol. The molecular weight excluding hydrogens is 204 g/mol. The van der Waals surface area contributed by atoms with Crippen molar-refractivity contribution in [2.45, 2.75) is 19.9 Å². The molecule has 0 saturated carbocycles. The molecule has 4 nitrogen and oxygen atoms in total. The van der Waals surface area contributed by atoms with E-state index in [2.05, 4.69) is 9.88 Å². The minimum Gasteiger partial charge on any atom is -0.481 e. The van der Waals surface area contributed by atoms with Gasteiger partial charge in [-0.3, -0.25) is 9.78 Å². The molecule has 0 aliphatic carbocycles. The van der Waals surface area contributed by atoms with Crippen molar-refractivity contribution in [3.05, 3.63) is 30.1 Å². The number of rotatable bonds is 6. The number of carbonyl (C=O) groups is 1. The standard InChI is InChI=1S/C12H18N2O2/c1-10(12(15)16)5-8-14(2)9-11-3-6-13-7-4-11/h3-4,6-7,10H,5,8-9H2,1-2H3,(H,15,16). The van der Waals surface area contributed by atoms with Gasteiger partial charge >= 0.3 is 5.97 Å². The van der Waals surface area contributed by atoms with E-state index in [0.29, 0.717) is 6.42 Å². The van der Waals surface area contributed by atoms with E-state index in [1.54, 1.807) is 19.3 Å². The fourth-order valence-corrected chi connectivity index (χ4v) is 1.42. The lowest BCUT2D eigenvalue weighted by Gasteiger charge is -2.17. The highest BCUT2D eigenvalue weighted by atomic mass is 16.4. The molecule has 88 valence electrons. The normalized spacial score (nSPS) is 12.7. The van der Waals surface area contributed by atoms with E-state index >= 15 is 0 Å². The van der Waals surface area contributed by atoms with Gasteiger partial charge in [-0.05, 0) is 37.7 Å². The molecule has 4 heteroatoms. The molecule has 0 amide bonds. The van der Waals surface area contributed by atoms with Gasteiger partial charge in [-0.1, -0.05) is 6.92 Å². The predicted octanol–water partition coefficient (Wildman–Crippen LogP) is 1.62. The van der Waals surface area contributed by atoms with E-state index in [-0.39, 0.29) is 5.92 Å². The summed E-state index contributed by atoms with van der Waals surface area (Å²) in [7, 11) is 2.00. The lowest BCUT2D eigenvalue weighted by Crippen LogP contribution is -2.23. The van der Waals surface area contributed by atoms with E-state index < -0.39 is 5.97 Å². The number of aromatic nitrogens is 1. The maximum Gasteiger partial charge on any atom is 0.306 e. The number of nitrogens with zero attached hydrogens (tertiary/aromatic N) is 2. The fourth-order valence-electron chi connectivity index (χ4n) is 1.42. The molecule has 16 heavy (non-hydrogen) atoms. The molecule has 1 N–H and O–H groups in total. The van der Waals surface area contributed by atoms with Gasteiger partial charge in [0.25, 0.3) is 0 Å². The van der Waals surface area contributed by atoms with Gasteiger partial charge in [-0.2, -0.15) is 0 Å². The summed E-state index contributed by atoms with van der Waals surface area (Å²) in [5.41, 5.74) is 1.19. The van der Waals surface area contributed by atoms with Crippen molar-refractivity contribution in [1.82, 2.24) is 9.88 Å². The summed E-state index contributed by atoms with van der Waals surface area (Å²) in [5.74, 6) is -1.00. The van der Waals surface area contributed by atoms with Gasteiger partial charge in [0.15, 0.2) is 0 Å². The zero-order chi connectivity index (χ0) is 12.0. The molecule has 1 aromatic rings. The Balaban J connectivity index is 2.31. The maximum atomic E-state index is 10.6. The molecule has 0 radical (unpaired) electrons. The number of hydrogen-bond acceptors (Lipinski definition) is 3. The van der Waals surface area contributed by atoms with Crippen LogP contribution in [-0.4, -0.2) is 34.6 Å². The lowest BCUT2D eigenvalue weighted by molar-refractivity contribution is -0.141. The molecule has 1 aromatic heterocycles. The van der Waals surface area contributed by atoms with Gasteiger partial charge in [0.05, 0.1) is 5.92 Å². The topological polar surface area (TPSA) is 53.4 Å². The summed E-state index contributed by atoms with van der Waals surface area (Å²) in [6.07, 6.45) is 4.21. The first-order valence-corrected chi connectivity index (χ1v) is 5.40. The molecule has 1 unspecified atom stereocenters. The third-order valence-electron chi connectivity index (χ3n) is 2.57. The highest BCUT2D eigenvalue weighted by molar-refractivity contribution is 5.69. The first kappa shape index (κ1) is 12.6. The van der Waals surface area contributed by atoms with Gasteiger partial charge in [0.1, 0.15) is 0 Å². The van der Waals surface area contributed by atoms with E-state index in [1.807, 2.05) is 19.2 Å². The van der Waals surface area contributed by atoms with Crippen molar-refractivity contribution in [1.29, 1.82) is 0 Å². The van der Waals surface area contributed by atoms with Crippen LogP contribution in [0.4, 0.5) is 0 Å². The van der Waals surface area contributed by atoms with Crippen LogP contribution in [0.5, 0.6) is 0 Å². The van der Waals surface area contributed by atoms with Crippen LogP contribution in [0.3, 0.4) is 0 Å². The van der Waals surface area contributed by atoms with Crippen LogP contribution >= 0.6 is 0 Å². The molecule has 0 bridgehead atoms. The Bertz CT molecular complexity index is 327. The fraction of sp³-hybridized carbons (Fsp3) is 0.500. The highest BCUT2D eigenvalue weighted by Crippen LogP contribution is 2.06. The van der Waals surface area contributed by atoms with Crippen molar-refractivity contribution >= 4 is 5.97 Å². The summed E-state index contributed by atoms with van der Waals surface area (Å²) in [4.78, 5) is 16.7. The molecule has 1 rings (SSSR count). The smallest absolute Gasteiger partial charge is 0.306 e. The Morgan fingerprint density at radius 3 is 2.69 bits per heavy atom. The second-order valence-electron chi connectivity index (χ2n) is 4.12. The molecule has 1 heterocycles. The van der Waals surface area contributed by atoms with Crippen LogP contribution in [0, 0.1) is 5.92 Å². The number of carboxylic acid groups (broad SMARTS) is 1. The SMILES string of the molecule is CC(CCN(C)Cc1ccncc1)C(=O)O. The Labute approximate surface area is 95.9 Å². The molecule has 0 spiro atoms. The maximum absolute atomic E-state index is 10.6. The van der Waals surface area contributed by atoms with Gasteiger partial charge in [0.2, 0.25) is 0 Å². The first-order valence-electron chi connectivity index (χ1n) is 5.40. The van der Waals surface area contributed by atoms with Crippen LogP contribution in [0.2, 0.25) is 0 Å². The molecule has 0 aliphatic heterocycles. The minimum absolute atomic E-state index is 0.278. The minimum atomic E-state index is -0.725. The van der Waals surface area contributed by atoms with Crippen LogP contribution in [0.25, 0.3) is 0 Å². The average Bonchev–Trinajstić information content (AvgIpc) is 2.27. The molecule has 1 atom stereocenters. The molecule has 0 saturated heterocycles. The highest BCUT2D eigenvalue weighted by Gasteiger charge is 2.11. The summed E-state index contributed by atoms with van der Waals surface area (Å²) in [6.45, 7) is 3.35. The molecule has 0 aliphatic rings. The average molecular weight is 222 g/mol. The van der Waals surface area contributed by atoms with Crippen molar-refractivity contribution in [2.75, 3.05) is 13.6 Å². The third kappa shape index (κ3) is 4.40. The van der Waals surface area contributed by atoms with Gasteiger partial charge in [-0.25, -0.2) is 0 Å². The number of hydrogen-bond donors (Lipinski definition) is 1. The second kappa shape index (κ2) is 6.23. The van der Waals surface area contributed by atoms with Gasteiger partial charge in [-0.15, -0.1) is 0 Å². The number of pyridine rings is 1. The van der Waals surface area contributed by atoms with Gasteiger partial charge in [0, 0.05) is 18.9 Å². The van der Waals surface area contributed by atoms with Crippen molar-refractivity contribution < 1.29 is 9.90 Å². The van der Waals surface area contributed by atoms with Crippen molar-refractivity contribution in [3.8, 4) is 0 Å². The summed E-state index contributed by atoms with van der Waals surface area (Å²) in [5, 5.41) is 8.76. The zero-order valence-corrected chi connectivity index (χ0v) is 9.76. The largest absolute Gasteiger partial charge is 0.481 e. The van der Waals surface area contributed by atoms with Crippen LogP contribution in [0.15, 0.2) is 24.5 Å². The second-order valence-corrected chi connectivity index (χ2v) is 4.12. The summed E-state index contributed by atoms with van der Waals surface area (Å²) < 4.78 is 0. The number of aliphatic carboxylic acids is 1. The summed E-state index contributed by atoms with van der Waals surface area (Å²) in [6, 6.07) is 3.94. The molecular formula is C12H18N2O2. The van der Waals surface area contributed by atoms with Gasteiger partial charge < -0.3 is 10.0 Å². The van der Waals surface area contributed by atoms with Crippen LogP contribution < -0.4 is 0 Å². The van der Waals surface area contributed by atoms with E-state index in [1.165, 1.54) is 5.56 Å². The van der Waals surface area contributed by atoms with Crippen LogP contribution in [-0.2, 0) is 11.3 Å². The monoisotopic (exact) mass is 222 g/mol. The van der Waals surface area contributed by atoms with E-state index in [4.69, 9.17) is 5.11 Å². The molecule has 0 aromatic carbocycles.